The average molecular weight is 478 g/mol. The first kappa shape index (κ1) is 16.5. The minimum absolute atomic E-state index is 0.0550. The van der Waals surface area contributed by atoms with Crippen LogP contribution in [-0.2, 0) is 4.79 Å². The summed E-state index contributed by atoms with van der Waals surface area (Å²) in [5.74, 6) is 0.408. The Morgan fingerprint density at radius 2 is 1.86 bits per heavy atom. The summed E-state index contributed by atoms with van der Waals surface area (Å²) in [5.41, 5.74) is 1.85. The number of halogens is 3. The standard InChI is InChI=1S/C15H12Br3NO2/c1-9-2-4-13(11(17)6-9)19-15(20)8-21-14-5-3-10(16)7-12(14)18/h2-7H,8H2,1H3,(H,19,20). The van der Waals surface area contributed by atoms with E-state index in [4.69, 9.17) is 4.74 Å². The Bertz CT molecular complexity index is 674. The van der Waals surface area contributed by atoms with Crippen LogP contribution in [0.4, 0.5) is 5.69 Å². The zero-order valence-electron chi connectivity index (χ0n) is 11.1. The van der Waals surface area contributed by atoms with E-state index in [2.05, 4.69) is 53.1 Å². The van der Waals surface area contributed by atoms with Gasteiger partial charge in [0.2, 0.25) is 0 Å². The molecule has 0 aliphatic carbocycles. The Hall–Kier alpha value is -0.850. The molecule has 6 heteroatoms. The zero-order chi connectivity index (χ0) is 15.4. The van der Waals surface area contributed by atoms with Crippen molar-refractivity contribution in [3.8, 4) is 5.75 Å². The number of rotatable bonds is 4. The van der Waals surface area contributed by atoms with Crippen LogP contribution in [0.5, 0.6) is 5.75 Å². The lowest BCUT2D eigenvalue weighted by Gasteiger charge is -2.10. The van der Waals surface area contributed by atoms with E-state index in [1.807, 2.05) is 37.3 Å². The molecule has 0 fully saturated rings. The topological polar surface area (TPSA) is 38.3 Å². The Balaban J connectivity index is 1.96. The van der Waals surface area contributed by atoms with Crippen LogP contribution >= 0.6 is 47.8 Å². The van der Waals surface area contributed by atoms with Gasteiger partial charge in [0.25, 0.3) is 5.91 Å². The van der Waals surface area contributed by atoms with Crippen molar-refractivity contribution in [2.24, 2.45) is 0 Å². The van der Waals surface area contributed by atoms with Crippen molar-refractivity contribution in [1.82, 2.24) is 0 Å². The van der Waals surface area contributed by atoms with E-state index in [9.17, 15) is 4.79 Å². The van der Waals surface area contributed by atoms with Crippen molar-refractivity contribution in [2.75, 3.05) is 11.9 Å². The van der Waals surface area contributed by atoms with Gasteiger partial charge in [-0.2, -0.15) is 0 Å². The second-order valence-electron chi connectivity index (χ2n) is 4.39. The van der Waals surface area contributed by atoms with Gasteiger partial charge in [-0.3, -0.25) is 4.79 Å². The van der Waals surface area contributed by atoms with Gasteiger partial charge < -0.3 is 10.1 Å². The van der Waals surface area contributed by atoms with Crippen molar-refractivity contribution in [1.29, 1.82) is 0 Å². The molecule has 0 saturated heterocycles. The van der Waals surface area contributed by atoms with Gasteiger partial charge in [-0.1, -0.05) is 22.0 Å². The summed E-state index contributed by atoms with van der Waals surface area (Å²) < 4.78 is 8.07. The van der Waals surface area contributed by atoms with Crippen molar-refractivity contribution in [2.45, 2.75) is 6.92 Å². The SMILES string of the molecule is Cc1ccc(NC(=O)COc2ccc(Br)cc2Br)c(Br)c1. The van der Waals surface area contributed by atoms with Crippen molar-refractivity contribution >= 4 is 59.4 Å². The van der Waals surface area contributed by atoms with Crippen LogP contribution in [0.25, 0.3) is 0 Å². The summed E-state index contributed by atoms with van der Waals surface area (Å²) in [7, 11) is 0. The summed E-state index contributed by atoms with van der Waals surface area (Å²) >= 11 is 10.2. The van der Waals surface area contributed by atoms with Gasteiger partial charge in [-0.25, -0.2) is 0 Å². The maximum atomic E-state index is 11.9. The molecule has 0 aliphatic heterocycles. The number of carbonyl (C=O) groups excluding carboxylic acids is 1. The quantitative estimate of drug-likeness (QED) is 0.649. The minimum Gasteiger partial charge on any atom is -0.483 e. The van der Waals surface area contributed by atoms with E-state index < -0.39 is 0 Å². The Labute approximate surface area is 148 Å². The number of benzene rings is 2. The average Bonchev–Trinajstić information content (AvgIpc) is 2.41. The van der Waals surface area contributed by atoms with Crippen molar-refractivity contribution in [3.05, 3.63) is 55.4 Å². The van der Waals surface area contributed by atoms with Crippen LogP contribution in [0, 0.1) is 6.92 Å². The smallest absolute Gasteiger partial charge is 0.262 e. The van der Waals surface area contributed by atoms with Gasteiger partial charge in [0.15, 0.2) is 6.61 Å². The summed E-state index contributed by atoms with van der Waals surface area (Å²) in [6.45, 7) is 1.94. The molecule has 0 heterocycles. The molecule has 2 aromatic rings. The third-order valence-corrected chi connectivity index (χ3v) is 4.42. The summed E-state index contributed by atoms with van der Waals surface area (Å²) in [6, 6.07) is 11.3. The Kier molecular flexibility index (Phi) is 5.84. The highest BCUT2D eigenvalue weighted by molar-refractivity contribution is 9.11. The molecule has 0 radical (unpaired) electrons. The lowest BCUT2D eigenvalue weighted by molar-refractivity contribution is -0.118. The number of hydrogen-bond donors (Lipinski definition) is 1. The van der Waals surface area contributed by atoms with Crippen molar-refractivity contribution < 1.29 is 9.53 Å². The van der Waals surface area contributed by atoms with E-state index in [1.165, 1.54) is 0 Å². The van der Waals surface area contributed by atoms with E-state index in [0.717, 1.165) is 24.7 Å². The molecule has 21 heavy (non-hydrogen) atoms. The molecule has 0 spiro atoms. The highest BCUT2D eigenvalue weighted by Gasteiger charge is 2.08. The Morgan fingerprint density at radius 3 is 2.52 bits per heavy atom. The summed E-state index contributed by atoms with van der Waals surface area (Å²) in [5, 5.41) is 2.80. The fourth-order valence-corrected chi connectivity index (χ4v) is 3.40. The van der Waals surface area contributed by atoms with Crippen LogP contribution in [-0.4, -0.2) is 12.5 Å². The first-order chi connectivity index (χ1) is 9.95. The summed E-state index contributed by atoms with van der Waals surface area (Å²) in [6.07, 6.45) is 0. The molecule has 0 aromatic heterocycles. The third-order valence-electron chi connectivity index (χ3n) is 2.65. The first-order valence-corrected chi connectivity index (χ1v) is 8.47. The lowest BCUT2D eigenvalue weighted by Crippen LogP contribution is -2.20. The van der Waals surface area contributed by atoms with Gasteiger partial charge in [-0.15, -0.1) is 0 Å². The van der Waals surface area contributed by atoms with Gasteiger partial charge >= 0.3 is 0 Å². The predicted molar refractivity (Wildman–Crippen MR) is 94.8 cm³/mol. The maximum Gasteiger partial charge on any atom is 0.262 e. The molecule has 0 atom stereocenters. The fraction of sp³-hybridized carbons (Fsp3) is 0.133. The molecule has 2 aromatic carbocycles. The third kappa shape index (κ3) is 4.83. The van der Waals surface area contributed by atoms with Crippen LogP contribution in [0.15, 0.2) is 49.8 Å². The van der Waals surface area contributed by atoms with Crippen LogP contribution in [0.2, 0.25) is 0 Å². The van der Waals surface area contributed by atoms with E-state index in [1.54, 1.807) is 6.07 Å². The normalized spacial score (nSPS) is 10.3. The molecular weight excluding hydrogens is 466 g/mol. The first-order valence-electron chi connectivity index (χ1n) is 6.09. The predicted octanol–water partition coefficient (Wildman–Crippen LogP) is 5.30. The van der Waals surface area contributed by atoms with E-state index in [0.29, 0.717) is 5.75 Å². The molecule has 0 saturated carbocycles. The maximum absolute atomic E-state index is 11.9. The molecule has 0 bridgehead atoms. The fourth-order valence-electron chi connectivity index (χ4n) is 1.64. The van der Waals surface area contributed by atoms with Gasteiger partial charge in [-0.05, 0) is 74.7 Å². The van der Waals surface area contributed by atoms with Gasteiger partial charge in [0.1, 0.15) is 5.75 Å². The number of anilines is 1. The number of aryl methyl sites for hydroxylation is 1. The monoisotopic (exact) mass is 475 g/mol. The summed E-state index contributed by atoms with van der Waals surface area (Å²) in [4.78, 5) is 11.9. The highest BCUT2D eigenvalue weighted by Crippen LogP contribution is 2.28. The Morgan fingerprint density at radius 1 is 1.10 bits per heavy atom. The number of hydrogen-bond acceptors (Lipinski definition) is 2. The second kappa shape index (κ2) is 7.42. The van der Waals surface area contributed by atoms with Gasteiger partial charge in [0, 0.05) is 8.95 Å². The highest BCUT2D eigenvalue weighted by atomic mass is 79.9. The molecule has 0 aliphatic rings. The molecule has 1 N–H and O–H groups in total. The molecule has 2 rings (SSSR count). The molecular formula is C15H12Br3NO2. The van der Waals surface area contributed by atoms with Crippen LogP contribution in [0.3, 0.4) is 0 Å². The van der Waals surface area contributed by atoms with Crippen molar-refractivity contribution in [3.63, 3.8) is 0 Å². The largest absolute Gasteiger partial charge is 0.483 e. The number of amides is 1. The van der Waals surface area contributed by atoms with E-state index in [-0.39, 0.29) is 12.5 Å². The molecule has 0 unspecified atom stereocenters. The molecule has 1 amide bonds. The minimum atomic E-state index is -0.214. The second-order valence-corrected chi connectivity index (χ2v) is 7.02. The number of carbonyl (C=O) groups is 1. The number of nitrogens with one attached hydrogen (secondary N) is 1. The van der Waals surface area contributed by atoms with E-state index >= 15 is 0 Å². The lowest BCUT2D eigenvalue weighted by atomic mass is 10.2. The van der Waals surface area contributed by atoms with Crippen LogP contribution < -0.4 is 10.1 Å². The number of ether oxygens (including phenoxy) is 1. The van der Waals surface area contributed by atoms with Gasteiger partial charge in [0.05, 0.1) is 10.2 Å². The zero-order valence-corrected chi connectivity index (χ0v) is 15.9. The molecule has 3 nitrogen and oxygen atoms in total. The molecule has 110 valence electrons. The van der Waals surface area contributed by atoms with Crippen LogP contribution in [0.1, 0.15) is 5.56 Å².